The molecule has 0 aromatic heterocycles. The molecule has 0 saturated carbocycles. The van der Waals surface area contributed by atoms with Gasteiger partial charge in [-0.1, -0.05) is 12.1 Å². The lowest BCUT2D eigenvalue weighted by Crippen LogP contribution is -2.37. The zero-order valence-electron chi connectivity index (χ0n) is 13.1. The topological polar surface area (TPSA) is 27.7 Å². The lowest BCUT2D eigenvalue weighted by atomic mass is 10.1. The van der Waals surface area contributed by atoms with Gasteiger partial charge in [-0.25, -0.2) is 0 Å². The molecule has 2 heterocycles. The van der Waals surface area contributed by atoms with E-state index in [-0.39, 0.29) is 0 Å². The van der Waals surface area contributed by atoms with Crippen LogP contribution in [0.25, 0.3) is 0 Å². The van der Waals surface area contributed by atoms with Crippen molar-refractivity contribution < 1.29 is 4.74 Å². The fourth-order valence-electron chi connectivity index (χ4n) is 3.22. The minimum Gasteiger partial charge on any atom is -0.379 e. The first-order chi connectivity index (χ1) is 10.3. The predicted octanol–water partition coefficient (Wildman–Crippen LogP) is 1.49. The van der Waals surface area contributed by atoms with Gasteiger partial charge < -0.3 is 15.0 Å². The molecule has 0 aliphatic carbocycles. The summed E-state index contributed by atoms with van der Waals surface area (Å²) in [5.74, 6) is 0. The van der Waals surface area contributed by atoms with E-state index in [1.165, 1.54) is 36.2 Å². The maximum Gasteiger partial charge on any atom is 0.0594 e. The van der Waals surface area contributed by atoms with Crippen LogP contribution >= 0.6 is 0 Å². The first-order valence-corrected chi connectivity index (χ1v) is 8.17. The zero-order valence-corrected chi connectivity index (χ0v) is 13.1. The number of likely N-dealkylation sites (N-methyl/N-ethyl adjacent to an activating group) is 1. The molecule has 0 amide bonds. The van der Waals surface area contributed by atoms with Crippen LogP contribution in [0.15, 0.2) is 18.2 Å². The molecule has 0 spiro atoms. The molecular weight excluding hydrogens is 262 g/mol. The molecule has 2 aliphatic heterocycles. The minimum absolute atomic E-state index is 0.900. The molecule has 1 N–H and O–H groups in total. The maximum absolute atomic E-state index is 5.37. The van der Waals surface area contributed by atoms with Crippen molar-refractivity contribution in [3.63, 3.8) is 0 Å². The normalized spacial score (nSPS) is 19.0. The summed E-state index contributed by atoms with van der Waals surface area (Å²) in [6, 6.07) is 6.90. The van der Waals surface area contributed by atoms with Crippen LogP contribution in [0.4, 0.5) is 5.69 Å². The number of nitrogens with one attached hydrogen (secondary N) is 1. The summed E-state index contributed by atoms with van der Waals surface area (Å²) in [6.45, 7) is 8.41. The van der Waals surface area contributed by atoms with Crippen LogP contribution < -0.4 is 10.2 Å². The number of fused-ring (bicyclic) bond motifs is 1. The standard InChI is InChI=1S/C17H27N3O/c1-19-8-5-16-13-15(3-4-17(16)19)14-18-6-2-7-20-9-11-21-12-10-20/h3-4,13,18H,2,5-12,14H2,1H3. The number of hydrogen-bond donors (Lipinski definition) is 1. The maximum atomic E-state index is 5.37. The fraction of sp³-hybridized carbons (Fsp3) is 0.647. The smallest absolute Gasteiger partial charge is 0.0594 e. The van der Waals surface area contributed by atoms with Gasteiger partial charge in [0, 0.05) is 38.9 Å². The molecule has 1 fully saturated rings. The van der Waals surface area contributed by atoms with E-state index in [2.05, 4.69) is 40.4 Å². The van der Waals surface area contributed by atoms with E-state index < -0.39 is 0 Å². The predicted molar refractivity (Wildman–Crippen MR) is 87.0 cm³/mol. The number of ether oxygens (including phenoxy) is 1. The van der Waals surface area contributed by atoms with E-state index in [0.29, 0.717) is 0 Å². The summed E-state index contributed by atoms with van der Waals surface area (Å²) < 4.78 is 5.37. The third kappa shape index (κ3) is 3.96. The van der Waals surface area contributed by atoms with E-state index >= 15 is 0 Å². The quantitative estimate of drug-likeness (QED) is 0.803. The second-order valence-electron chi connectivity index (χ2n) is 6.12. The molecule has 3 rings (SSSR count). The Hall–Kier alpha value is -1.10. The Morgan fingerprint density at radius 2 is 2.05 bits per heavy atom. The molecule has 1 aromatic carbocycles. The van der Waals surface area contributed by atoms with Crippen LogP contribution in [0.1, 0.15) is 17.5 Å². The molecule has 0 radical (unpaired) electrons. The second-order valence-corrected chi connectivity index (χ2v) is 6.12. The fourth-order valence-corrected chi connectivity index (χ4v) is 3.22. The molecule has 116 valence electrons. The lowest BCUT2D eigenvalue weighted by molar-refractivity contribution is 0.0374. The highest BCUT2D eigenvalue weighted by Crippen LogP contribution is 2.27. The van der Waals surface area contributed by atoms with Crippen molar-refractivity contribution in [1.82, 2.24) is 10.2 Å². The Morgan fingerprint density at radius 1 is 1.19 bits per heavy atom. The van der Waals surface area contributed by atoms with Gasteiger partial charge in [0.2, 0.25) is 0 Å². The summed E-state index contributed by atoms with van der Waals surface area (Å²) in [4.78, 5) is 4.84. The molecule has 4 heteroatoms. The molecule has 21 heavy (non-hydrogen) atoms. The van der Waals surface area contributed by atoms with Gasteiger partial charge >= 0.3 is 0 Å². The molecule has 0 atom stereocenters. The summed E-state index contributed by atoms with van der Waals surface area (Å²) in [5.41, 5.74) is 4.33. The minimum atomic E-state index is 0.900. The van der Waals surface area contributed by atoms with Crippen molar-refractivity contribution in [2.24, 2.45) is 0 Å². The summed E-state index contributed by atoms with van der Waals surface area (Å²) >= 11 is 0. The third-order valence-electron chi connectivity index (χ3n) is 4.53. The molecule has 4 nitrogen and oxygen atoms in total. The highest BCUT2D eigenvalue weighted by molar-refractivity contribution is 5.58. The SMILES string of the molecule is CN1CCc2cc(CNCCCN3CCOCC3)ccc21. The Morgan fingerprint density at radius 3 is 2.90 bits per heavy atom. The average Bonchev–Trinajstić information content (AvgIpc) is 2.89. The van der Waals surface area contributed by atoms with Gasteiger partial charge in [-0.15, -0.1) is 0 Å². The first kappa shape index (κ1) is 14.8. The average molecular weight is 289 g/mol. The van der Waals surface area contributed by atoms with Crippen LogP contribution in [0.5, 0.6) is 0 Å². The van der Waals surface area contributed by atoms with Gasteiger partial charge in [0.15, 0.2) is 0 Å². The van der Waals surface area contributed by atoms with Crippen molar-refractivity contribution in [2.75, 3.05) is 57.9 Å². The van der Waals surface area contributed by atoms with Crippen LogP contribution in [0.2, 0.25) is 0 Å². The Labute approximate surface area is 128 Å². The van der Waals surface area contributed by atoms with Crippen LogP contribution in [-0.2, 0) is 17.7 Å². The van der Waals surface area contributed by atoms with Gasteiger partial charge in [-0.05, 0) is 43.1 Å². The monoisotopic (exact) mass is 289 g/mol. The lowest BCUT2D eigenvalue weighted by Gasteiger charge is -2.26. The largest absolute Gasteiger partial charge is 0.379 e. The Balaban J connectivity index is 1.36. The highest BCUT2D eigenvalue weighted by Gasteiger charge is 2.15. The van der Waals surface area contributed by atoms with E-state index in [1.54, 1.807) is 0 Å². The summed E-state index contributed by atoms with van der Waals surface area (Å²) in [7, 11) is 2.18. The summed E-state index contributed by atoms with van der Waals surface area (Å²) in [5, 5.41) is 3.57. The van der Waals surface area contributed by atoms with Gasteiger partial charge in [-0.2, -0.15) is 0 Å². The van der Waals surface area contributed by atoms with Crippen molar-refractivity contribution >= 4 is 5.69 Å². The second kappa shape index (κ2) is 7.25. The number of benzene rings is 1. The number of hydrogen-bond acceptors (Lipinski definition) is 4. The van der Waals surface area contributed by atoms with Crippen molar-refractivity contribution in [1.29, 1.82) is 0 Å². The van der Waals surface area contributed by atoms with Gasteiger partial charge in [0.1, 0.15) is 0 Å². The first-order valence-electron chi connectivity index (χ1n) is 8.17. The summed E-state index contributed by atoms with van der Waals surface area (Å²) in [6.07, 6.45) is 2.41. The molecule has 1 aromatic rings. The number of morpholine rings is 1. The zero-order chi connectivity index (χ0) is 14.5. The van der Waals surface area contributed by atoms with Crippen molar-refractivity contribution in [3.8, 4) is 0 Å². The Bertz CT molecular complexity index is 457. The van der Waals surface area contributed by atoms with Gasteiger partial charge in [0.25, 0.3) is 0 Å². The van der Waals surface area contributed by atoms with Crippen LogP contribution in [0, 0.1) is 0 Å². The van der Waals surface area contributed by atoms with Gasteiger partial charge in [-0.3, -0.25) is 4.90 Å². The number of anilines is 1. The van der Waals surface area contributed by atoms with E-state index in [0.717, 1.165) is 45.9 Å². The molecule has 0 unspecified atom stereocenters. The third-order valence-corrected chi connectivity index (χ3v) is 4.53. The number of rotatable bonds is 6. The molecule has 1 saturated heterocycles. The van der Waals surface area contributed by atoms with E-state index in [9.17, 15) is 0 Å². The molecule has 2 aliphatic rings. The van der Waals surface area contributed by atoms with E-state index in [1.807, 2.05) is 0 Å². The Kier molecular flexibility index (Phi) is 5.12. The van der Waals surface area contributed by atoms with Crippen LogP contribution in [-0.4, -0.2) is 57.9 Å². The van der Waals surface area contributed by atoms with E-state index in [4.69, 9.17) is 4.74 Å². The van der Waals surface area contributed by atoms with Crippen LogP contribution in [0.3, 0.4) is 0 Å². The molecular formula is C17H27N3O. The van der Waals surface area contributed by atoms with Gasteiger partial charge in [0.05, 0.1) is 13.2 Å². The molecule has 0 bridgehead atoms. The highest BCUT2D eigenvalue weighted by atomic mass is 16.5. The van der Waals surface area contributed by atoms with Crippen molar-refractivity contribution in [3.05, 3.63) is 29.3 Å². The van der Waals surface area contributed by atoms with Crippen molar-refractivity contribution in [2.45, 2.75) is 19.4 Å². The number of nitrogens with zero attached hydrogens (tertiary/aromatic N) is 2.